The number of rotatable bonds is 6. The molecule has 1 fully saturated rings. The van der Waals surface area contributed by atoms with Gasteiger partial charge in [-0.25, -0.2) is 8.42 Å². The summed E-state index contributed by atoms with van der Waals surface area (Å²) >= 11 is 1.42. The zero-order valence-corrected chi connectivity index (χ0v) is 17.2. The summed E-state index contributed by atoms with van der Waals surface area (Å²) in [5, 5.41) is 9.34. The van der Waals surface area contributed by atoms with Gasteiger partial charge in [0.25, 0.3) is 0 Å². The molecule has 9 heteroatoms. The smallest absolute Gasteiger partial charge is 0.233 e. The predicted molar refractivity (Wildman–Crippen MR) is 102 cm³/mol. The van der Waals surface area contributed by atoms with E-state index in [0.29, 0.717) is 18.9 Å². The lowest BCUT2D eigenvalue weighted by Gasteiger charge is -2.29. The number of sulfone groups is 1. The van der Waals surface area contributed by atoms with Gasteiger partial charge in [-0.15, -0.1) is 10.2 Å². The van der Waals surface area contributed by atoms with Crippen molar-refractivity contribution in [3.8, 4) is 0 Å². The highest BCUT2D eigenvalue weighted by Gasteiger charge is 2.35. The summed E-state index contributed by atoms with van der Waals surface area (Å²) in [5.41, 5.74) is 0. The zero-order chi connectivity index (χ0) is 18.7. The first-order valence-electron chi connectivity index (χ1n) is 9.40. The van der Waals surface area contributed by atoms with Crippen molar-refractivity contribution in [1.29, 1.82) is 0 Å². The maximum Gasteiger partial charge on any atom is 0.233 e. The molecule has 3 heterocycles. The number of amides is 1. The number of thioether (sulfide) groups is 1. The van der Waals surface area contributed by atoms with Gasteiger partial charge in [-0.1, -0.05) is 32.0 Å². The second-order valence-corrected chi connectivity index (χ2v) is 10.8. The molecule has 1 saturated heterocycles. The lowest BCUT2D eigenvalue weighted by atomic mass is 10.1. The van der Waals surface area contributed by atoms with Crippen LogP contribution in [0.4, 0.5) is 0 Å². The Hall–Kier alpha value is -1.09. The van der Waals surface area contributed by atoms with Crippen LogP contribution in [0, 0.1) is 5.92 Å². The Morgan fingerprint density at radius 2 is 2.12 bits per heavy atom. The molecule has 0 radical (unpaired) electrons. The van der Waals surface area contributed by atoms with Crippen LogP contribution < -0.4 is 0 Å². The number of hydrogen-bond acceptors (Lipinski definition) is 6. The van der Waals surface area contributed by atoms with Gasteiger partial charge in [-0.3, -0.25) is 4.79 Å². The number of aryl methyl sites for hydroxylation is 1. The van der Waals surface area contributed by atoms with Gasteiger partial charge in [-0.2, -0.15) is 0 Å². The summed E-state index contributed by atoms with van der Waals surface area (Å²) in [7, 11) is -3.01. The predicted octanol–water partition coefficient (Wildman–Crippen LogP) is 1.77. The molecular formula is C17H28N4O3S2. The number of hydrogen-bond donors (Lipinski definition) is 0. The minimum Gasteiger partial charge on any atom is -0.338 e. The summed E-state index contributed by atoms with van der Waals surface area (Å²) in [4.78, 5) is 14.6. The zero-order valence-electron chi connectivity index (χ0n) is 15.6. The van der Waals surface area contributed by atoms with Gasteiger partial charge in [0, 0.05) is 25.6 Å². The third-order valence-electron chi connectivity index (χ3n) is 4.93. The Labute approximate surface area is 159 Å². The van der Waals surface area contributed by atoms with Crippen molar-refractivity contribution in [3.05, 3.63) is 5.82 Å². The molecule has 2 aliphatic heterocycles. The molecule has 1 aromatic heterocycles. The number of nitrogens with zero attached hydrogens (tertiary/aromatic N) is 4. The first-order chi connectivity index (χ1) is 12.4. The molecule has 146 valence electrons. The number of carbonyl (C=O) groups excluding carboxylic acids is 1. The topological polar surface area (TPSA) is 85.2 Å². The maximum atomic E-state index is 12.9. The third kappa shape index (κ3) is 4.79. The molecule has 0 bridgehead atoms. The van der Waals surface area contributed by atoms with Gasteiger partial charge in [0.2, 0.25) is 5.91 Å². The molecular weight excluding hydrogens is 372 g/mol. The largest absolute Gasteiger partial charge is 0.338 e. The van der Waals surface area contributed by atoms with Crippen molar-refractivity contribution in [1.82, 2.24) is 19.7 Å². The number of aromatic nitrogens is 3. The van der Waals surface area contributed by atoms with E-state index in [0.717, 1.165) is 36.8 Å². The fourth-order valence-corrected chi connectivity index (χ4v) is 6.24. The highest BCUT2D eigenvalue weighted by Crippen LogP contribution is 2.24. The summed E-state index contributed by atoms with van der Waals surface area (Å²) in [5.74, 6) is 1.87. The molecule has 26 heavy (non-hydrogen) atoms. The first-order valence-corrected chi connectivity index (χ1v) is 12.2. The second-order valence-electron chi connectivity index (χ2n) is 7.65. The molecule has 1 atom stereocenters. The maximum absolute atomic E-state index is 12.9. The van der Waals surface area contributed by atoms with Gasteiger partial charge < -0.3 is 9.47 Å². The third-order valence-corrected chi connectivity index (χ3v) is 7.63. The minimum atomic E-state index is -3.01. The van der Waals surface area contributed by atoms with E-state index in [4.69, 9.17) is 0 Å². The van der Waals surface area contributed by atoms with E-state index in [1.165, 1.54) is 18.2 Å². The lowest BCUT2D eigenvalue weighted by Crippen LogP contribution is -2.44. The minimum absolute atomic E-state index is 0.00299. The summed E-state index contributed by atoms with van der Waals surface area (Å²) in [6.45, 7) is 5.61. The van der Waals surface area contributed by atoms with E-state index >= 15 is 0 Å². The molecule has 0 unspecified atom stereocenters. The SMILES string of the molecule is CC(C)CN(C(=O)CSc1nnc2n1CCCCC2)[C@H]1CCS(=O)(=O)C1. The van der Waals surface area contributed by atoms with Crippen LogP contribution >= 0.6 is 11.8 Å². The Morgan fingerprint density at radius 3 is 2.81 bits per heavy atom. The van der Waals surface area contributed by atoms with Crippen LogP contribution in [-0.2, 0) is 27.6 Å². The highest BCUT2D eigenvalue weighted by atomic mass is 32.2. The van der Waals surface area contributed by atoms with Gasteiger partial charge in [-0.05, 0) is 25.2 Å². The summed E-state index contributed by atoms with van der Waals surface area (Å²) < 4.78 is 25.8. The molecule has 0 aromatic carbocycles. The molecule has 2 aliphatic rings. The van der Waals surface area contributed by atoms with Crippen LogP contribution in [0.2, 0.25) is 0 Å². The van der Waals surface area contributed by atoms with Crippen molar-refractivity contribution < 1.29 is 13.2 Å². The van der Waals surface area contributed by atoms with Gasteiger partial charge in [0.05, 0.1) is 17.3 Å². The van der Waals surface area contributed by atoms with E-state index < -0.39 is 9.84 Å². The number of carbonyl (C=O) groups is 1. The van der Waals surface area contributed by atoms with Crippen molar-refractivity contribution in [2.75, 3.05) is 23.8 Å². The number of fused-ring (bicyclic) bond motifs is 1. The van der Waals surface area contributed by atoms with Crippen LogP contribution in [-0.4, -0.2) is 63.8 Å². The molecule has 0 saturated carbocycles. The molecule has 7 nitrogen and oxygen atoms in total. The summed E-state index contributed by atoms with van der Waals surface area (Å²) in [6, 6.07) is -0.189. The van der Waals surface area contributed by atoms with Crippen molar-refractivity contribution >= 4 is 27.5 Å². The van der Waals surface area contributed by atoms with Crippen LogP contribution in [0.25, 0.3) is 0 Å². The molecule has 0 aliphatic carbocycles. The monoisotopic (exact) mass is 400 g/mol. The Morgan fingerprint density at radius 1 is 1.31 bits per heavy atom. The Bertz CT molecular complexity index is 745. The normalized spacial score (nSPS) is 22.2. The highest BCUT2D eigenvalue weighted by molar-refractivity contribution is 7.99. The average molecular weight is 401 g/mol. The quantitative estimate of drug-likeness (QED) is 0.677. The first kappa shape index (κ1) is 19.7. The molecule has 1 aromatic rings. The fourth-order valence-electron chi connectivity index (χ4n) is 3.64. The molecule has 0 spiro atoms. The fraction of sp³-hybridized carbons (Fsp3) is 0.824. The van der Waals surface area contributed by atoms with E-state index in [9.17, 15) is 13.2 Å². The Kier molecular flexibility index (Phi) is 6.27. The van der Waals surface area contributed by atoms with Crippen LogP contribution in [0.1, 0.15) is 45.4 Å². The van der Waals surface area contributed by atoms with Crippen LogP contribution in [0.5, 0.6) is 0 Å². The van der Waals surface area contributed by atoms with Gasteiger partial charge in [0.15, 0.2) is 15.0 Å². The lowest BCUT2D eigenvalue weighted by molar-refractivity contribution is -0.130. The van der Waals surface area contributed by atoms with E-state index in [-0.39, 0.29) is 29.2 Å². The standard InChI is InChI=1S/C17H28N4O3S2/c1-13(2)10-21(14-7-9-26(23,24)12-14)16(22)11-25-17-19-18-15-6-4-3-5-8-20(15)17/h13-14H,3-12H2,1-2H3/t14-/m0/s1. The van der Waals surface area contributed by atoms with Crippen molar-refractivity contribution in [2.24, 2.45) is 5.92 Å². The second kappa shape index (κ2) is 8.29. The van der Waals surface area contributed by atoms with E-state index in [1.54, 1.807) is 4.90 Å². The van der Waals surface area contributed by atoms with E-state index in [1.807, 2.05) is 0 Å². The average Bonchev–Trinajstić information content (AvgIpc) is 3.04. The van der Waals surface area contributed by atoms with E-state index in [2.05, 4.69) is 28.6 Å². The van der Waals surface area contributed by atoms with Crippen LogP contribution in [0.3, 0.4) is 0 Å². The van der Waals surface area contributed by atoms with Gasteiger partial charge in [0.1, 0.15) is 5.82 Å². The van der Waals surface area contributed by atoms with Crippen molar-refractivity contribution in [3.63, 3.8) is 0 Å². The van der Waals surface area contributed by atoms with Crippen molar-refractivity contribution in [2.45, 2.75) is 63.7 Å². The molecule has 1 amide bonds. The summed E-state index contributed by atoms with van der Waals surface area (Å²) in [6.07, 6.45) is 4.95. The molecule has 3 rings (SSSR count). The Balaban J connectivity index is 1.65. The van der Waals surface area contributed by atoms with Gasteiger partial charge >= 0.3 is 0 Å². The molecule has 0 N–H and O–H groups in total. The van der Waals surface area contributed by atoms with Crippen LogP contribution in [0.15, 0.2) is 5.16 Å².